The van der Waals surface area contributed by atoms with Crippen molar-refractivity contribution in [2.24, 2.45) is 0 Å². The van der Waals surface area contributed by atoms with Gasteiger partial charge in [-0.3, -0.25) is 0 Å². The number of benzene rings is 1. The molecule has 4 heteroatoms. The van der Waals surface area contributed by atoms with Crippen LogP contribution < -0.4 is 4.74 Å². The number of ether oxygens (including phenoxy) is 2. The first-order valence-electron chi connectivity index (χ1n) is 6.21. The summed E-state index contributed by atoms with van der Waals surface area (Å²) in [5.74, 6) is -0.560. The van der Waals surface area contributed by atoms with Crippen LogP contribution in [-0.4, -0.2) is 30.4 Å². The van der Waals surface area contributed by atoms with Crippen molar-refractivity contribution in [2.75, 3.05) is 13.2 Å². The first kappa shape index (κ1) is 14.5. The minimum Gasteiger partial charge on any atom is -0.493 e. The summed E-state index contributed by atoms with van der Waals surface area (Å²) in [7, 11) is 0. The van der Waals surface area contributed by atoms with Crippen LogP contribution in [0.2, 0.25) is 0 Å². The zero-order valence-electron chi connectivity index (χ0n) is 10.9. The fourth-order valence-electron chi connectivity index (χ4n) is 1.41. The summed E-state index contributed by atoms with van der Waals surface area (Å²) in [5.41, 5.74) is 0.195. The van der Waals surface area contributed by atoms with Gasteiger partial charge in [0.2, 0.25) is 0 Å². The highest BCUT2D eigenvalue weighted by atomic mass is 16.5. The Morgan fingerprint density at radius 1 is 1.33 bits per heavy atom. The average Bonchev–Trinajstić information content (AvgIpc) is 2.38. The average molecular weight is 252 g/mol. The van der Waals surface area contributed by atoms with Crippen molar-refractivity contribution in [2.45, 2.75) is 32.8 Å². The van der Waals surface area contributed by atoms with Gasteiger partial charge in [0.15, 0.2) is 0 Å². The Bertz CT molecular complexity index is 376. The van der Waals surface area contributed by atoms with E-state index in [1.165, 1.54) is 6.07 Å². The smallest absolute Gasteiger partial charge is 0.339 e. The number of carbonyl (C=O) groups is 1. The summed E-state index contributed by atoms with van der Waals surface area (Å²) in [5, 5.41) is 8.97. The van der Waals surface area contributed by atoms with Gasteiger partial charge in [0.05, 0.1) is 19.3 Å². The van der Waals surface area contributed by atoms with Crippen molar-refractivity contribution in [1.29, 1.82) is 0 Å². The Balaban J connectivity index is 2.33. The van der Waals surface area contributed by atoms with Crippen LogP contribution in [0.25, 0.3) is 0 Å². The minimum atomic E-state index is -0.971. The molecule has 0 bridgehead atoms. The van der Waals surface area contributed by atoms with Crippen LogP contribution in [0.4, 0.5) is 0 Å². The monoisotopic (exact) mass is 252 g/mol. The van der Waals surface area contributed by atoms with Crippen LogP contribution in [0.5, 0.6) is 5.75 Å². The molecule has 0 aliphatic rings. The molecule has 0 spiro atoms. The third kappa shape index (κ3) is 4.75. The standard InChI is InChI=1S/C14H20O4/c1-3-11(2)17-9-6-10-18-13-8-5-4-7-12(13)14(15)16/h4-5,7-8,11H,3,6,9-10H2,1-2H3,(H,15,16). The van der Waals surface area contributed by atoms with Gasteiger partial charge in [0, 0.05) is 6.42 Å². The molecule has 1 N–H and O–H groups in total. The molecule has 0 fully saturated rings. The van der Waals surface area contributed by atoms with Gasteiger partial charge in [-0.15, -0.1) is 0 Å². The summed E-state index contributed by atoms with van der Waals surface area (Å²) in [6.45, 7) is 5.19. The Morgan fingerprint density at radius 3 is 2.72 bits per heavy atom. The van der Waals surface area contributed by atoms with Crippen LogP contribution >= 0.6 is 0 Å². The molecule has 0 radical (unpaired) electrons. The maximum atomic E-state index is 10.9. The normalized spacial score (nSPS) is 12.1. The molecule has 0 heterocycles. The van der Waals surface area contributed by atoms with Crippen LogP contribution in [0.15, 0.2) is 24.3 Å². The highest BCUT2D eigenvalue weighted by Gasteiger charge is 2.09. The SMILES string of the molecule is CCC(C)OCCCOc1ccccc1C(=O)O. The van der Waals surface area contributed by atoms with Gasteiger partial charge in [-0.1, -0.05) is 19.1 Å². The predicted molar refractivity (Wildman–Crippen MR) is 69.2 cm³/mol. The number of carboxylic acids is 1. The lowest BCUT2D eigenvalue weighted by Crippen LogP contribution is -2.11. The number of hydrogen-bond acceptors (Lipinski definition) is 3. The Morgan fingerprint density at radius 2 is 2.06 bits per heavy atom. The van der Waals surface area contributed by atoms with Crippen molar-refractivity contribution >= 4 is 5.97 Å². The highest BCUT2D eigenvalue weighted by Crippen LogP contribution is 2.17. The van der Waals surface area contributed by atoms with E-state index in [0.29, 0.717) is 19.0 Å². The summed E-state index contributed by atoms with van der Waals surface area (Å²) in [6.07, 6.45) is 2.00. The van der Waals surface area contributed by atoms with Crippen LogP contribution in [0.3, 0.4) is 0 Å². The zero-order valence-corrected chi connectivity index (χ0v) is 10.9. The number of aromatic carboxylic acids is 1. The molecule has 1 unspecified atom stereocenters. The summed E-state index contributed by atoms with van der Waals surface area (Å²) in [6, 6.07) is 6.64. The first-order chi connectivity index (χ1) is 8.65. The molecule has 0 saturated heterocycles. The lowest BCUT2D eigenvalue weighted by atomic mass is 10.2. The number of para-hydroxylation sites is 1. The predicted octanol–water partition coefficient (Wildman–Crippen LogP) is 2.97. The fourth-order valence-corrected chi connectivity index (χ4v) is 1.41. The lowest BCUT2D eigenvalue weighted by molar-refractivity contribution is 0.0552. The van der Waals surface area contributed by atoms with E-state index >= 15 is 0 Å². The van der Waals surface area contributed by atoms with Crippen LogP contribution in [0, 0.1) is 0 Å². The second-order valence-corrected chi connectivity index (χ2v) is 4.09. The topological polar surface area (TPSA) is 55.8 Å². The Kier molecular flexibility index (Phi) is 6.22. The highest BCUT2D eigenvalue weighted by molar-refractivity contribution is 5.90. The van der Waals surface area contributed by atoms with E-state index in [9.17, 15) is 4.79 Å². The van der Waals surface area contributed by atoms with Crippen molar-refractivity contribution in [3.05, 3.63) is 29.8 Å². The molecule has 1 atom stereocenters. The van der Waals surface area contributed by atoms with E-state index in [0.717, 1.165) is 12.8 Å². The van der Waals surface area contributed by atoms with Gasteiger partial charge in [-0.2, -0.15) is 0 Å². The van der Waals surface area contributed by atoms with E-state index < -0.39 is 5.97 Å². The summed E-state index contributed by atoms with van der Waals surface area (Å²) in [4.78, 5) is 10.9. The largest absolute Gasteiger partial charge is 0.493 e. The van der Waals surface area contributed by atoms with E-state index in [-0.39, 0.29) is 11.7 Å². The maximum Gasteiger partial charge on any atom is 0.339 e. The number of rotatable bonds is 8. The molecule has 1 aromatic carbocycles. The van der Waals surface area contributed by atoms with Gasteiger partial charge in [-0.05, 0) is 25.5 Å². The van der Waals surface area contributed by atoms with E-state index in [2.05, 4.69) is 6.92 Å². The molecule has 18 heavy (non-hydrogen) atoms. The molecule has 0 aromatic heterocycles. The Hall–Kier alpha value is -1.55. The maximum absolute atomic E-state index is 10.9. The summed E-state index contributed by atoms with van der Waals surface area (Å²) < 4.78 is 11.0. The van der Waals surface area contributed by atoms with Crippen LogP contribution in [0.1, 0.15) is 37.0 Å². The minimum absolute atomic E-state index is 0.195. The van der Waals surface area contributed by atoms with E-state index in [1.54, 1.807) is 18.2 Å². The fraction of sp³-hybridized carbons (Fsp3) is 0.500. The number of hydrogen-bond donors (Lipinski definition) is 1. The molecule has 4 nitrogen and oxygen atoms in total. The van der Waals surface area contributed by atoms with E-state index in [4.69, 9.17) is 14.6 Å². The molecule has 0 amide bonds. The molecule has 0 aliphatic carbocycles. The number of carboxylic acid groups (broad SMARTS) is 1. The second kappa shape index (κ2) is 7.71. The van der Waals surface area contributed by atoms with Crippen molar-refractivity contribution in [1.82, 2.24) is 0 Å². The third-order valence-electron chi connectivity index (χ3n) is 2.64. The van der Waals surface area contributed by atoms with Crippen LogP contribution in [-0.2, 0) is 4.74 Å². The first-order valence-corrected chi connectivity index (χ1v) is 6.21. The zero-order chi connectivity index (χ0) is 13.4. The molecule has 100 valence electrons. The van der Waals surface area contributed by atoms with Crippen molar-refractivity contribution < 1.29 is 19.4 Å². The second-order valence-electron chi connectivity index (χ2n) is 4.09. The van der Waals surface area contributed by atoms with Gasteiger partial charge < -0.3 is 14.6 Å². The van der Waals surface area contributed by atoms with E-state index in [1.807, 2.05) is 6.92 Å². The van der Waals surface area contributed by atoms with Gasteiger partial charge >= 0.3 is 5.97 Å². The molecule has 0 aliphatic heterocycles. The molecule has 1 aromatic rings. The van der Waals surface area contributed by atoms with Gasteiger partial charge in [-0.25, -0.2) is 4.79 Å². The molecule has 1 rings (SSSR count). The van der Waals surface area contributed by atoms with Crippen molar-refractivity contribution in [3.8, 4) is 5.75 Å². The lowest BCUT2D eigenvalue weighted by Gasteiger charge is -2.11. The van der Waals surface area contributed by atoms with Gasteiger partial charge in [0.1, 0.15) is 11.3 Å². The molecule has 0 saturated carbocycles. The quantitative estimate of drug-likeness (QED) is 0.723. The molecular weight excluding hydrogens is 232 g/mol. The summed E-state index contributed by atoms with van der Waals surface area (Å²) >= 11 is 0. The Labute approximate surface area is 108 Å². The molecular formula is C14H20O4. The van der Waals surface area contributed by atoms with Gasteiger partial charge in [0.25, 0.3) is 0 Å². The third-order valence-corrected chi connectivity index (χ3v) is 2.64. The van der Waals surface area contributed by atoms with Crippen molar-refractivity contribution in [3.63, 3.8) is 0 Å².